The van der Waals surface area contributed by atoms with Gasteiger partial charge in [0, 0.05) is 44.6 Å². The minimum Gasteiger partial charge on any atom is -0.339 e. The minimum absolute atomic E-state index is 0.235. The molecule has 0 amide bonds. The molecule has 5 rings (SSSR count). The molecule has 10 heteroatoms. The van der Waals surface area contributed by atoms with Gasteiger partial charge in [0.1, 0.15) is 0 Å². The summed E-state index contributed by atoms with van der Waals surface area (Å²) in [5.74, 6) is 0.638. The number of aromatic nitrogens is 4. The van der Waals surface area contributed by atoms with Crippen LogP contribution in [0.1, 0.15) is 16.0 Å². The Hall–Kier alpha value is -3.68. The lowest BCUT2D eigenvalue weighted by Crippen LogP contribution is -2.52. The molecule has 1 aliphatic rings. The van der Waals surface area contributed by atoms with E-state index in [2.05, 4.69) is 33.8 Å². The highest BCUT2D eigenvalue weighted by Gasteiger charge is 2.27. The standard InChI is InChI=1S/C24H25N7O2S/c1-28-21-20(22(32)29(2)24(28)33)31(14-17-7-4-3-6-16(17)13-25)23(27-21)30-10-9-26-18(15-30)12-19-8-5-11-34-19/h3-8,11,18,26H,9-10,12,14-15H2,1-2H3/t18-/m1/s1. The summed E-state index contributed by atoms with van der Waals surface area (Å²) in [5, 5.41) is 15.3. The van der Waals surface area contributed by atoms with E-state index in [1.807, 2.05) is 22.8 Å². The first-order chi connectivity index (χ1) is 16.5. The molecular formula is C24H25N7O2S. The van der Waals surface area contributed by atoms with Crippen LogP contribution in [0, 0.1) is 11.3 Å². The number of piperazine rings is 1. The van der Waals surface area contributed by atoms with Crippen molar-refractivity contribution in [2.75, 3.05) is 24.5 Å². The smallest absolute Gasteiger partial charge is 0.332 e. The van der Waals surface area contributed by atoms with Gasteiger partial charge in [-0.25, -0.2) is 4.79 Å². The van der Waals surface area contributed by atoms with Crippen molar-refractivity contribution in [1.29, 1.82) is 5.26 Å². The molecule has 0 saturated carbocycles. The van der Waals surface area contributed by atoms with Crippen LogP contribution in [0.2, 0.25) is 0 Å². The molecule has 0 radical (unpaired) electrons. The molecule has 4 aromatic rings. The number of benzene rings is 1. The lowest BCUT2D eigenvalue weighted by atomic mass is 10.1. The summed E-state index contributed by atoms with van der Waals surface area (Å²) in [6.45, 7) is 2.53. The summed E-state index contributed by atoms with van der Waals surface area (Å²) in [6, 6.07) is 14.0. The van der Waals surface area contributed by atoms with Crippen molar-refractivity contribution in [1.82, 2.24) is 24.0 Å². The van der Waals surface area contributed by atoms with Crippen molar-refractivity contribution in [2.45, 2.75) is 19.0 Å². The third-order valence-corrected chi connectivity index (χ3v) is 7.26. The quantitative estimate of drug-likeness (QED) is 0.469. The molecule has 9 nitrogen and oxygen atoms in total. The van der Waals surface area contributed by atoms with Crippen LogP contribution in [0.5, 0.6) is 0 Å². The van der Waals surface area contributed by atoms with E-state index >= 15 is 0 Å². The lowest BCUT2D eigenvalue weighted by Gasteiger charge is -2.34. The van der Waals surface area contributed by atoms with Crippen LogP contribution in [0.15, 0.2) is 51.4 Å². The van der Waals surface area contributed by atoms with Gasteiger partial charge in [-0.2, -0.15) is 10.2 Å². The number of nitrogens with zero attached hydrogens (tertiary/aromatic N) is 6. The molecule has 3 aromatic heterocycles. The number of hydrogen-bond acceptors (Lipinski definition) is 7. The van der Waals surface area contributed by atoms with Crippen LogP contribution in [-0.4, -0.2) is 44.4 Å². The molecular weight excluding hydrogens is 450 g/mol. The number of nitrogens with one attached hydrogen (secondary N) is 1. The maximum Gasteiger partial charge on any atom is 0.332 e. The van der Waals surface area contributed by atoms with Gasteiger partial charge in [-0.3, -0.25) is 18.5 Å². The Kier molecular flexibility index (Phi) is 5.81. The summed E-state index contributed by atoms with van der Waals surface area (Å²) in [4.78, 5) is 34.1. The molecule has 0 bridgehead atoms. The first kappa shape index (κ1) is 22.1. The largest absolute Gasteiger partial charge is 0.339 e. The van der Waals surface area contributed by atoms with E-state index in [1.54, 1.807) is 24.5 Å². The molecule has 1 aromatic carbocycles. The number of hydrogen-bond donors (Lipinski definition) is 1. The van der Waals surface area contributed by atoms with E-state index in [-0.39, 0.29) is 6.04 Å². The second kappa shape index (κ2) is 8.93. The van der Waals surface area contributed by atoms with Crippen molar-refractivity contribution in [3.05, 3.63) is 78.6 Å². The SMILES string of the molecule is Cn1c(=O)c2c(nc(N3CCN[C@H](Cc4cccs4)C3)n2Cc2ccccc2C#N)n(C)c1=O. The minimum atomic E-state index is -0.415. The second-order valence-corrected chi connectivity index (χ2v) is 9.56. The van der Waals surface area contributed by atoms with Crippen molar-refractivity contribution in [3.8, 4) is 6.07 Å². The average Bonchev–Trinajstić information content (AvgIpc) is 3.50. The Morgan fingerprint density at radius 1 is 1.18 bits per heavy atom. The Balaban J connectivity index is 1.63. The molecule has 0 spiro atoms. The van der Waals surface area contributed by atoms with Crippen LogP contribution < -0.4 is 21.5 Å². The van der Waals surface area contributed by atoms with Gasteiger partial charge in [0.15, 0.2) is 11.2 Å². The van der Waals surface area contributed by atoms with Crippen LogP contribution in [0.4, 0.5) is 5.95 Å². The maximum atomic E-state index is 13.2. The first-order valence-corrected chi connectivity index (χ1v) is 12.0. The van der Waals surface area contributed by atoms with Gasteiger partial charge in [0.05, 0.1) is 18.2 Å². The number of rotatable bonds is 5. The van der Waals surface area contributed by atoms with Gasteiger partial charge in [0.25, 0.3) is 5.56 Å². The molecule has 174 valence electrons. The molecule has 34 heavy (non-hydrogen) atoms. The normalized spacial score (nSPS) is 16.1. The molecule has 1 fully saturated rings. The van der Waals surface area contributed by atoms with Crippen LogP contribution in [0.25, 0.3) is 11.2 Å². The number of aryl methyl sites for hydroxylation is 1. The number of fused-ring (bicyclic) bond motifs is 1. The monoisotopic (exact) mass is 475 g/mol. The molecule has 4 heterocycles. The molecule has 0 unspecified atom stereocenters. The van der Waals surface area contributed by atoms with Crippen LogP contribution in [-0.2, 0) is 27.1 Å². The Bertz CT molecular complexity index is 1510. The molecule has 1 aliphatic heterocycles. The van der Waals surface area contributed by atoms with Crippen molar-refractivity contribution in [3.63, 3.8) is 0 Å². The summed E-state index contributed by atoms with van der Waals surface area (Å²) in [7, 11) is 3.11. The summed E-state index contributed by atoms with van der Waals surface area (Å²) >= 11 is 1.74. The maximum absolute atomic E-state index is 13.2. The fraction of sp³-hybridized carbons (Fsp3) is 0.333. The van der Waals surface area contributed by atoms with E-state index < -0.39 is 11.2 Å². The molecule has 1 saturated heterocycles. The van der Waals surface area contributed by atoms with Gasteiger partial charge >= 0.3 is 5.69 Å². The number of imidazole rings is 1. The highest BCUT2D eigenvalue weighted by Crippen LogP contribution is 2.24. The number of nitriles is 1. The Morgan fingerprint density at radius 2 is 2.00 bits per heavy atom. The van der Waals surface area contributed by atoms with Gasteiger partial charge < -0.3 is 10.2 Å². The summed E-state index contributed by atoms with van der Waals surface area (Å²) in [6.07, 6.45) is 0.909. The van der Waals surface area contributed by atoms with Crippen molar-refractivity contribution < 1.29 is 0 Å². The highest BCUT2D eigenvalue weighted by molar-refractivity contribution is 7.09. The third kappa shape index (κ3) is 3.83. The predicted octanol–water partition coefficient (Wildman–Crippen LogP) is 1.44. The summed E-state index contributed by atoms with van der Waals surface area (Å²) < 4.78 is 4.39. The predicted molar refractivity (Wildman–Crippen MR) is 133 cm³/mol. The van der Waals surface area contributed by atoms with E-state index in [0.29, 0.717) is 29.2 Å². The van der Waals surface area contributed by atoms with Gasteiger partial charge in [-0.05, 0) is 29.5 Å². The van der Waals surface area contributed by atoms with Crippen LogP contribution >= 0.6 is 11.3 Å². The molecule has 0 aliphatic carbocycles. The zero-order valence-electron chi connectivity index (χ0n) is 19.1. The van der Waals surface area contributed by atoms with Gasteiger partial charge in [0.2, 0.25) is 5.95 Å². The molecule has 1 atom stereocenters. The van der Waals surface area contributed by atoms with Crippen molar-refractivity contribution in [2.24, 2.45) is 14.1 Å². The second-order valence-electron chi connectivity index (χ2n) is 8.53. The Morgan fingerprint density at radius 3 is 2.76 bits per heavy atom. The van der Waals surface area contributed by atoms with Gasteiger partial charge in [-0.1, -0.05) is 24.3 Å². The Labute approximate surface area is 200 Å². The summed E-state index contributed by atoms with van der Waals surface area (Å²) in [5.41, 5.74) is 1.25. The molecule has 1 N–H and O–H groups in total. The topological polar surface area (TPSA) is 101 Å². The fourth-order valence-corrected chi connectivity index (χ4v) is 5.37. The number of anilines is 1. The number of thiophene rings is 1. The fourth-order valence-electron chi connectivity index (χ4n) is 4.58. The average molecular weight is 476 g/mol. The van der Waals surface area contributed by atoms with Crippen LogP contribution in [0.3, 0.4) is 0 Å². The highest BCUT2D eigenvalue weighted by atomic mass is 32.1. The zero-order chi connectivity index (χ0) is 23.8. The van der Waals surface area contributed by atoms with E-state index in [9.17, 15) is 14.9 Å². The third-order valence-electron chi connectivity index (χ3n) is 6.36. The zero-order valence-corrected chi connectivity index (χ0v) is 19.9. The van der Waals surface area contributed by atoms with Gasteiger partial charge in [-0.15, -0.1) is 11.3 Å². The lowest BCUT2D eigenvalue weighted by molar-refractivity contribution is 0.449. The van der Waals surface area contributed by atoms with E-state index in [0.717, 1.165) is 36.2 Å². The van der Waals surface area contributed by atoms with Crippen molar-refractivity contribution >= 4 is 28.4 Å². The first-order valence-electron chi connectivity index (χ1n) is 11.1. The van der Waals surface area contributed by atoms with E-state index in [4.69, 9.17) is 4.98 Å². The van der Waals surface area contributed by atoms with E-state index in [1.165, 1.54) is 16.5 Å².